The highest BCUT2D eigenvalue weighted by molar-refractivity contribution is 6.90. The molecule has 72 valence electrons. The summed E-state index contributed by atoms with van der Waals surface area (Å²) in [7, 11) is -1.35. The summed E-state index contributed by atoms with van der Waals surface area (Å²) in [4.78, 5) is 0. The molecule has 1 atom stereocenters. The van der Waals surface area contributed by atoms with E-state index in [4.69, 9.17) is 5.11 Å². The Morgan fingerprint density at radius 3 is 2.31 bits per heavy atom. The molecule has 0 aliphatic rings. The van der Waals surface area contributed by atoms with E-state index in [-0.39, 0.29) is 0 Å². The van der Waals surface area contributed by atoms with E-state index in [1.54, 1.807) is 0 Å². The summed E-state index contributed by atoms with van der Waals surface area (Å²) in [6.45, 7) is 4.90. The zero-order chi connectivity index (χ0) is 9.73. The van der Waals surface area contributed by atoms with Crippen LogP contribution in [0.5, 0.6) is 0 Å². The van der Waals surface area contributed by atoms with Crippen molar-refractivity contribution in [3.63, 3.8) is 0 Å². The van der Waals surface area contributed by atoms with Crippen LogP contribution in [0.15, 0.2) is 30.3 Å². The standard InChI is InChI=1S/C11H18OSi/c1-3-13(2,10-9-12)11-7-5-4-6-8-11/h4-8,12H,3,9-10H2,1-2H3. The van der Waals surface area contributed by atoms with Gasteiger partial charge in [-0.2, -0.15) is 0 Å². The minimum absolute atomic E-state index is 0.325. The van der Waals surface area contributed by atoms with Gasteiger partial charge in [0.15, 0.2) is 0 Å². The number of hydrogen-bond donors (Lipinski definition) is 1. The quantitative estimate of drug-likeness (QED) is 0.727. The molecule has 1 aromatic carbocycles. The van der Waals surface area contributed by atoms with Gasteiger partial charge < -0.3 is 5.11 Å². The summed E-state index contributed by atoms with van der Waals surface area (Å²) in [5.74, 6) is 0. The molecular weight excluding hydrogens is 176 g/mol. The Labute approximate surface area is 81.4 Å². The van der Waals surface area contributed by atoms with Crippen LogP contribution in [0.4, 0.5) is 0 Å². The summed E-state index contributed by atoms with van der Waals surface area (Å²) >= 11 is 0. The molecule has 1 rings (SSSR count). The number of aliphatic hydroxyl groups is 1. The van der Waals surface area contributed by atoms with Gasteiger partial charge in [-0.15, -0.1) is 0 Å². The third-order valence-corrected chi connectivity index (χ3v) is 7.53. The third kappa shape index (κ3) is 2.42. The second-order valence-electron chi connectivity index (χ2n) is 3.75. The first-order chi connectivity index (χ1) is 6.23. The fraction of sp³-hybridized carbons (Fsp3) is 0.455. The first-order valence-electron chi connectivity index (χ1n) is 4.89. The lowest BCUT2D eigenvalue weighted by Crippen LogP contribution is -2.44. The molecule has 0 amide bonds. The van der Waals surface area contributed by atoms with Crippen molar-refractivity contribution in [2.24, 2.45) is 0 Å². The van der Waals surface area contributed by atoms with Gasteiger partial charge >= 0.3 is 0 Å². The molecule has 1 N–H and O–H groups in total. The molecule has 0 spiro atoms. The van der Waals surface area contributed by atoms with Crippen molar-refractivity contribution in [1.82, 2.24) is 0 Å². The highest BCUT2D eigenvalue weighted by Crippen LogP contribution is 2.14. The van der Waals surface area contributed by atoms with Crippen LogP contribution in [0.25, 0.3) is 0 Å². The predicted molar refractivity (Wildman–Crippen MR) is 60.1 cm³/mol. The molecular formula is C11H18OSi. The molecule has 1 nitrogen and oxygen atoms in total. The Morgan fingerprint density at radius 1 is 1.23 bits per heavy atom. The van der Waals surface area contributed by atoms with Gasteiger partial charge in [0.1, 0.15) is 0 Å². The molecule has 0 fully saturated rings. The van der Waals surface area contributed by atoms with Crippen LogP contribution in [0, 0.1) is 0 Å². The van der Waals surface area contributed by atoms with Crippen LogP contribution >= 0.6 is 0 Å². The van der Waals surface area contributed by atoms with Gasteiger partial charge in [-0.3, -0.25) is 0 Å². The largest absolute Gasteiger partial charge is 0.397 e. The third-order valence-electron chi connectivity index (χ3n) is 2.91. The van der Waals surface area contributed by atoms with Crippen molar-refractivity contribution < 1.29 is 5.11 Å². The molecule has 2 heteroatoms. The van der Waals surface area contributed by atoms with Gasteiger partial charge in [-0.1, -0.05) is 55.0 Å². The van der Waals surface area contributed by atoms with Gasteiger partial charge in [-0.25, -0.2) is 0 Å². The van der Waals surface area contributed by atoms with Crippen molar-refractivity contribution in [1.29, 1.82) is 0 Å². The lowest BCUT2D eigenvalue weighted by molar-refractivity contribution is 0.316. The Balaban J connectivity index is 2.89. The Bertz CT molecular complexity index is 248. The maximum Gasteiger partial charge on any atom is 0.0856 e. The average Bonchev–Trinajstić information content (AvgIpc) is 2.19. The van der Waals surface area contributed by atoms with E-state index in [9.17, 15) is 0 Å². The highest BCUT2D eigenvalue weighted by Gasteiger charge is 2.25. The molecule has 0 bridgehead atoms. The number of hydrogen-bond acceptors (Lipinski definition) is 1. The molecule has 0 heterocycles. The van der Waals surface area contributed by atoms with Gasteiger partial charge in [0.25, 0.3) is 0 Å². The van der Waals surface area contributed by atoms with Crippen LogP contribution in [-0.2, 0) is 0 Å². The molecule has 0 aromatic heterocycles. The molecule has 1 aromatic rings. The smallest absolute Gasteiger partial charge is 0.0856 e. The van der Waals surface area contributed by atoms with Crippen LogP contribution < -0.4 is 5.19 Å². The molecule has 13 heavy (non-hydrogen) atoms. The Kier molecular flexibility index (Phi) is 3.69. The minimum Gasteiger partial charge on any atom is -0.397 e. The minimum atomic E-state index is -1.35. The highest BCUT2D eigenvalue weighted by atomic mass is 28.3. The van der Waals surface area contributed by atoms with Crippen LogP contribution in [0.2, 0.25) is 18.6 Å². The van der Waals surface area contributed by atoms with Crippen LogP contribution in [-0.4, -0.2) is 19.8 Å². The van der Waals surface area contributed by atoms with Crippen molar-refractivity contribution >= 4 is 13.3 Å². The molecule has 0 saturated heterocycles. The van der Waals surface area contributed by atoms with Gasteiger partial charge in [0, 0.05) is 6.61 Å². The zero-order valence-corrected chi connectivity index (χ0v) is 9.46. The predicted octanol–water partition coefficient (Wildman–Crippen LogP) is 1.98. The van der Waals surface area contributed by atoms with Crippen molar-refractivity contribution in [2.75, 3.05) is 6.61 Å². The zero-order valence-electron chi connectivity index (χ0n) is 8.46. The van der Waals surface area contributed by atoms with Crippen LogP contribution in [0.3, 0.4) is 0 Å². The molecule has 0 radical (unpaired) electrons. The summed E-state index contributed by atoms with van der Waals surface area (Å²) in [6.07, 6.45) is 0. The van der Waals surface area contributed by atoms with Crippen molar-refractivity contribution in [3.05, 3.63) is 30.3 Å². The number of benzene rings is 1. The van der Waals surface area contributed by atoms with E-state index in [2.05, 4.69) is 37.7 Å². The lowest BCUT2D eigenvalue weighted by atomic mass is 10.4. The summed E-state index contributed by atoms with van der Waals surface area (Å²) < 4.78 is 0. The molecule has 0 aliphatic carbocycles. The molecule has 1 unspecified atom stereocenters. The first-order valence-corrected chi connectivity index (χ1v) is 7.81. The second kappa shape index (κ2) is 4.58. The van der Waals surface area contributed by atoms with Gasteiger partial charge in [0.05, 0.1) is 8.07 Å². The normalized spacial score (nSPS) is 15.3. The fourth-order valence-corrected chi connectivity index (χ4v) is 4.15. The SMILES string of the molecule is CC[Si](C)(CCO)c1ccccc1. The van der Waals surface area contributed by atoms with E-state index in [0.29, 0.717) is 6.61 Å². The summed E-state index contributed by atoms with van der Waals surface area (Å²) in [6, 6.07) is 12.8. The molecule has 0 saturated carbocycles. The maximum atomic E-state index is 9.03. The monoisotopic (exact) mass is 194 g/mol. The van der Waals surface area contributed by atoms with E-state index in [1.165, 1.54) is 11.2 Å². The van der Waals surface area contributed by atoms with E-state index in [1.807, 2.05) is 6.07 Å². The average molecular weight is 194 g/mol. The second-order valence-corrected chi connectivity index (χ2v) is 8.66. The lowest BCUT2D eigenvalue weighted by Gasteiger charge is -2.25. The Morgan fingerprint density at radius 2 is 1.85 bits per heavy atom. The van der Waals surface area contributed by atoms with Crippen LogP contribution in [0.1, 0.15) is 6.92 Å². The molecule has 0 aliphatic heterocycles. The number of aliphatic hydroxyl groups excluding tert-OH is 1. The van der Waals surface area contributed by atoms with Crippen molar-refractivity contribution in [3.8, 4) is 0 Å². The fourth-order valence-electron chi connectivity index (χ4n) is 1.61. The summed E-state index contributed by atoms with van der Waals surface area (Å²) in [5.41, 5.74) is 0. The van der Waals surface area contributed by atoms with Crippen molar-refractivity contribution in [2.45, 2.75) is 25.6 Å². The number of rotatable bonds is 4. The van der Waals surface area contributed by atoms with Gasteiger partial charge in [0.2, 0.25) is 0 Å². The Hall–Kier alpha value is -0.603. The topological polar surface area (TPSA) is 20.2 Å². The van der Waals surface area contributed by atoms with E-state index >= 15 is 0 Å². The summed E-state index contributed by atoms with van der Waals surface area (Å²) in [5, 5.41) is 10.5. The first kappa shape index (κ1) is 10.5. The van der Waals surface area contributed by atoms with Gasteiger partial charge in [-0.05, 0) is 6.04 Å². The maximum absolute atomic E-state index is 9.03. The van der Waals surface area contributed by atoms with E-state index in [0.717, 1.165) is 6.04 Å². The van der Waals surface area contributed by atoms with E-state index < -0.39 is 8.07 Å².